The number of hydrogen-bond acceptors (Lipinski definition) is 9. The summed E-state index contributed by atoms with van der Waals surface area (Å²) in [6.45, 7) is 3.53. The van der Waals surface area contributed by atoms with Gasteiger partial charge in [-0.25, -0.2) is 4.98 Å². The van der Waals surface area contributed by atoms with Gasteiger partial charge in [0.25, 0.3) is 5.56 Å². The number of aromatic nitrogens is 4. The van der Waals surface area contributed by atoms with Crippen LogP contribution in [0.5, 0.6) is 17.2 Å². The molecule has 0 amide bonds. The Kier molecular flexibility index (Phi) is 5.88. The number of methoxy groups -OCH3 is 3. The van der Waals surface area contributed by atoms with Crippen molar-refractivity contribution in [3.63, 3.8) is 0 Å². The highest BCUT2D eigenvalue weighted by molar-refractivity contribution is 7.98. The number of benzene rings is 1. The monoisotopic (exact) mass is 404 g/mol. The second kappa shape index (κ2) is 8.34. The predicted molar refractivity (Wildman–Crippen MR) is 103 cm³/mol. The van der Waals surface area contributed by atoms with Crippen molar-refractivity contribution in [1.29, 1.82) is 0 Å². The van der Waals surface area contributed by atoms with Crippen LogP contribution in [0.4, 0.5) is 0 Å². The molecule has 148 valence electrons. The van der Waals surface area contributed by atoms with Crippen LogP contribution in [-0.4, -0.2) is 41.4 Å². The fraction of sp³-hybridized carbons (Fsp3) is 0.333. The van der Waals surface area contributed by atoms with Gasteiger partial charge >= 0.3 is 0 Å². The Balaban J connectivity index is 1.82. The van der Waals surface area contributed by atoms with Gasteiger partial charge in [0.15, 0.2) is 16.7 Å². The molecule has 0 spiro atoms. The Morgan fingerprint density at radius 2 is 1.75 bits per heavy atom. The quantitative estimate of drug-likeness (QED) is 0.469. The number of nitrogens with one attached hydrogen (secondary N) is 1. The lowest BCUT2D eigenvalue weighted by Gasteiger charge is -2.12. The van der Waals surface area contributed by atoms with Crippen molar-refractivity contribution in [3.8, 4) is 28.6 Å². The maximum absolute atomic E-state index is 11.8. The first-order chi connectivity index (χ1) is 13.5. The first kappa shape index (κ1) is 19.7. The summed E-state index contributed by atoms with van der Waals surface area (Å²) < 4.78 is 21.3. The number of aryl methyl sites for hydroxylation is 1. The maximum atomic E-state index is 11.8. The molecule has 1 N–H and O–H groups in total. The molecule has 2 aromatic heterocycles. The minimum Gasteiger partial charge on any atom is -0.493 e. The van der Waals surface area contributed by atoms with E-state index in [0.29, 0.717) is 56.7 Å². The van der Waals surface area contributed by atoms with Crippen LogP contribution in [0, 0.1) is 13.8 Å². The van der Waals surface area contributed by atoms with E-state index >= 15 is 0 Å². The number of aromatic amines is 1. The highest BCUT2D eigenvalue weighted by Crippen LogP contribution is 2.40. The molecule has 0 aliphatic heterocycles. The highest BCUT2D eigenvalue weighted by Gasteiger charge is 2.17. The van der Waals surface area contributed by atoms with E-state index < -0.39 is 0 Å². The first-order valence-corrected chi connectivity index (χ1v) is 9.28. The minimum atomic E-state index is -0.154. The summed E-state index contributed by atoms with van der Waals surface area (Å²) in [4.78, 5) is 23.3. The van der Waals surface area contributed by atoms with Crippen LogP contribution >= 0.6 is 11.8 Å². The zero-order valence-corrected chi connectivity index (χ0v) is 17.0. The number of H-pyrrole nitrogens is 1. The van der Waals surface area contributed by atoms with Crippen LogP contribution in [-0.2, 0) is 5.75 Å². The Morgan fingerprint density at radius 1 is 1.07 bits per heavy atom. The number of rotatable bonds is 7. The van der Waals surface area contributed by atoms with Gasteiger partial charge in [-0.3, -0.25) is 4.79 Å². The summed E-state index contributed by atoms with van der Waals surface area (Å²) in [6.07, 6.45) is 0. The number of hydrogen-bond donors (Lipinski definition) is 1. The van der Waals surface area contributed by atoms with Gasteiger partial charge in [0.05, 0.1) is 27.1 Å². The van der Waals surface area contributed by atoms with Crippen molar-refractivity contribution >= 4 is 11.8 Å². The molecule has 0 unspecified atom stereocenters. The largest absolute Gasteiger partial charge is 0.493 e. The Morgan fingerprint density at radius 3 is 2.32 bits per heavy atom. The molecule has 0 aliphatic carbocycles. The van der Waals surface area contributed by atoms with Crippen molar-refractivity contribution in [1.82, 2.24) is 20.1 Å². The molecular weight excluding hydrogens is 384 g/mol. The summed E-state index contributed by atoms with van der Waals surface area (Å²) in [5.41, 5.74) is 1.80. The molecule has 10 heteroatoms. The van der Waals surface area contributed by atoms with Gasteiger partial charge in [-0.05, 0) is 26.0 Å². The van der Waals surface area contributed by atoms with Gasteiger partial charge in [0.2, 0.25) is 17.5 Å². The van der Waals surface area contributed by atoms with Gasteiger partial charge in [0.1, 0.15) is 0 Å². The summed E-state index contributed by atoms with van der Waals surface area (Å²) in [5, 5.41) is 4.51. The predicted octanol–water partition coefficient (Wildman–Crippen LogP) is 2.75. The summed E-state index contributed by atoms with van der Waals surface area (Å²) in [5.74, 6) is 2.62. The molecule has 0 saturated heterocycles. The van der Waals surface area contributed by atoms with E-state index in [-0.39, 0.29) is 5.56 Å². The zero-order chi connectivity index (χ0) is 20.3. The van der Waals surface area contributed by atoms with E-state index in [1.807, 2.05) is 0 Å². The van der Waals surface area contributed by atoms with Crippen molar-refractivity contribution in [2.75, 3.05) is 21.3 Å². The second-order valence-electron chi connectivity index (χ2n) is 5.80. The molecule has 0 bridgehead atoms. The van der Waals surface area contributed by atoms with Crippen LogP contribution in [0.25, 0.3) is 11.4 Å². The number of ether oxygens (including phenoxy) is 3. The van der Waals surface area contributed by atoms with E-state index in [0.717, 1.165) is 0 Å². The van der Waals surface area contributed by atoms with Crippen molar-refractivity contribution in [2.24, 2.45) is 0 Å². The van der Waals surface area contributed by atoms with Gasteiger partial charge < -0.3 is 23.7 Å². The third-order valence-corrected chi connectivity index (χ3v) is 4.95. The second-order valence-corrected chi connectivity index (χ2v) is 6.76. The SMILES string of the molecule is COc1cc(-c2noc(CSc3nc(C)c(C)c(=O)[nH]3)n2)cc(OC)c1OC. The van der Waals surface area contributed by atoms with Crippen LogP contribution in [0.3, 0.4) is 0 Å². The Labute approximate surface area is 165 Å². The van der Waals surface area contributed by atoms with Crippen LogP contribution < -0.4 is 19.8 Å². The zero-order valence-electron chi connectivity index (χ0n) is 16.2. The topological polar surface area (TPSA) is 112 Å². The molecule has 2 heterocycles. The third kappa shape index (κ3) is 3.96. The lowest BCUT2D eigenvalue weighted by Crippen LogP contribution is -2.14. The van der Waals surface area contributed by atoms with Crippen LogP contribution in [0.2, 0.25) is 0 Å². The summed E-state index contributed by atoms with van der Waals surface area (Å²) >= 11 is 1.31. The maximum Gasteiger partial charge on any atom is 0.254 e. The smallest absolute Gasteiger partial charge is 0.254 e. The fourth-order valence-electron chi connectivity index (χ4n) is 2.46. The van der Waals surface area contributed by atoms with E-state index in [1.165, 1.54) is 33.1 Å². The van der Waals surface area contributed by atoms with E-state index in [2.05, 4.69) is 20.1 Å². The van der Waals surface area contributed by atoms with E-state index in [4.69, 9.17) is 18.7 Å². The lowest BCUT2D eigenvalue weighted by atomic mass is 10.1. The lowest BCUT2D eigenvalue weighted by molar-refractivity contribution is 0.324. The van der Waals surface area contributed by atoms with Gasteiger partial charge in [0, 0.05) is 16.8 Å². The van der Waals surface area contributed by atoms with Crippen LogP contribution in [0.15, 0.2) is 26.6 Å². The molecule has 28 heavy (non-hydrogen) atoms. The van der Waals surface area contributed by atoms with Gasteiger partial charge in [-0.1, -0.05) is 16.9 Å². The molecule has 0 atom stereocenters. The Hall–Kier alpha value is -3.01. The van der Waals surface area contributed by atoms with Crippen molar-refractivity contribution in [2.45, 2.75) is 24.8 Å². The summed E-state index contributed by atoms with van der Waals surface area (Å²) in [6, 6.07) is 3.48. The average Bonchev–Trinajstić information content (AvgIpc) is 3.18. The fourth-order valence-corrected chi connectivity index (χ4v) is 3.20. The van der Waals surface area contributed by atoms with Gasteiger partial charge in [-0.15, -0.1) is 0 Å². The third-order valence-electron chi connectivity index (χ3n) is 4.10. The molecule has 1 aromatic carbocycles. The van der Waals surface area contributed by atoms with Gasteiger partial charge in [-0.2, -0.15) is 4.98 Å². The molecule has 9 nitrogen and oxygen atoms in total. The molecule has 3 rings (SSSR count). The first-order valence-electron chi connectivity index (χ1n) is 8.30. The number of nitrogens with zero attached hydrogens (tertiary/aromatic N) is 3. The van der Waals surface area contributed by atoms with E-state index in [1.54, 1.807) is 26.0 Å². The Bertz CT molecular complexity index is 1020. The molecule has 0 aliphatic rings. The minimum absolute atomic E-state index is 0.154. The molecule has 0 fully saturated rings. The number of thioether (sulfide) groups is 1. The average molecular weight is 404 g/mol. The molecule has 0 saturated carbocycles. The van der Waals surface area contributed by atoms with Crippen molar-refractivity contribution < 1.29 is 18.7 Å². The standard InChI is InChI=1S/C18H20N4O5S/c1-9-10(2)19-18(21-17(9)23)28-8-14-20-16(22-27-14)11-6-12(24-3)15(26-5)13(7-11)25-4/h6-7H,8H2,1-5H3,(H,19,21,23). The van der Waals surface area contributed by atoms with E-state index in [9.17, 15) is 4.79 Å². The van der Waals surface area contributed by atoms with Crippen LogP contribution in [0.1, 0.15) is 17.1 Å². The normalized spacial score (nSPS) is 10.8. The molecule has 3 aromatic rings. The molecule has 0 radical (unpaired) electrons. The summed E-state index contributed by atoms with van der Waals surface area (Å²) in [7, 11) is 4.61. The molecular formula is C18H20N4O5S. The van der Waals surface area contributed by atoms with Crippen molar-refractivity contribution in [3.05, 3.63) is 39.6 Å². The highest BCUT2D eigenvalue weighted by atomic mass is 32.2.